The van der Waals surface area contributed by atoms with E-state index in [1.807, 2.05) is 12.3 Å². The molecule has 1 aromatic heterocycles. The third-order valence-corrected chi connectivity index (χ3v) is 4.38. The van der Waals surface area contributed by atoms with Gasteiger partial charge in [-0.3, -0.25) is 4.98 Å². The molecule has 0 radical (unpaired) electrons. The number of ether oxygens (including phenoxy) is 2. The quantitative estimate of drug-likeness (QED) is 0.804. The van der Waals surface area contributed by atoms with Gasteiger partial charge >= 0.3 is 0 Å². The van der Waals surface area contributed by atoms with Crippen molar-refractivity contribution < 1.29 is 9.47 Å². The highest BCUT2D eigenvalue weighted by molar-refractivity contribution is 5.18. The summed E-state index contributed by atoms with van der Waals surface area (Å²) in [5, 5.41) is 0. The van der Waals surface area contributed by atoms with Gasteiger partial charge in [-0.1, -0.05) is 6.07 Å². The Bertz CT molecular complexity index is 413. The largest absolute Gasteiger partial charge is 0.381 e. The fourth-order valence-corrected chi connectivity index (χ4v) is 3.13. The standard InChI is InChI=1S/C15H21NO2/c1-12-3-2-6-16-14(12)9-13-10-15(11-18-13)4-7-17-8-5-15/h2-3,6,13H,4-5,7-11H2,1H3/t13-/m1/s1. The van der Waals surface area contributed by atoms with Crippen LogP contribution in [0.5, 0.6) is 0 Å². The average Bonchev–Trinajstić information content (AvgIpc) is 2.76. The number of aryl methyl sites for hydroxylation is 1. The SMILES string of the molecule is Cc1cccnc1C[C@@H]1CC2(CCOCC2)CO1. The molecule has 3 heteroatoms. The van der Waals surface area contributed by atoms with E-state index in [0.29, 0.717) is 11.5 Å². The summed E-state index contributed by atoms with van der Waals surface area (Å²) in [6.45, 7) is 4.84. The topological polar surface area (TPSA) is 31.4 Å². The van der Waals surface area contributed by atoms with E-state index >= 15 is 0 Å². The molecule has 0 amide bonds. The van der Waals surface area contributed by atoms with E-state index in [0.717, 1.165) is 39.1 Å². The van der Waals surface area contributed by atoms with Gasteiger partial charge < -0.3 is 9.47 Å². The second-order valence-electron chi connectivity index (χ2n) is 5.72. The molecule has 0 bridgehead atoms. The molecule has 2 fully saturated rings. The van der Waals surface area contributed by atoms with E-state index < -0.39 is 0 Å². The minimum atomic E-state index is 0.344. The zero-order valence-corrected chi connectivity index (χ0v) is 11.0. The molecular weight excluding hydrogens is 226 g/mol. The molecular formula is C15H21NO2. The Balaban J connectivity index is 1.64. The normalized spacial score (nSPS) is 26.6. The highest BCUT2D eigenvalue weighted by Gasteiger charge is 2.41. The van der Waals surface area contributed by atoms with Gasteiger partial charge in [0, 0.05) is 36.9 Å². The Kier molecular flexibility index (Phi) is 3.35. The average molecular weight is 247 g/mol. The van der Waals surface area contributed by atoms with Crippen molar-refractivity contribution in [1.82, 2.24) is 4.98 Å². The van der Waals surface area contributed by atoms with E-state index in [-0.39, 0.29) is 0 Å². The van der Waals surface area contributed by atoms with E-state index in [1.165, 1.54) is 17.7 Å². The Morgan fingerprint density at radius 3 is 3.00 bits per heavy atom. The molecule has 1 atom stereocenters. The predicted molar refractivity (Wildman–Crippen MR) is 69.5 cm³/mol. The van der Waals surface area contributed by atoms with Crippen molar-refractivity contribution in [2.45, 2.75) is 38.7 Å². The zero-order valence-electron chi connectivity index (χ0n) is 11.0. The van der Waals surface area contributed by atoms with Gasteiger partial charge in [-0.2, -0.15) is 0 Å². The first-order valence-corrected chi connectivity index (χ1v) is 6.87. The van der Waals surface area contributed by atoms with Gasteiger partial charge in [0.2, 0.25) is 0 Å². The Hall–Kier alpha value is -0.930. The molecule has 0 N–H and O–H groups in total. The molecule has 0 unspecified atom stereocenters. The van der Waals surface area contributed by atoms with Gasteiger partial charge in [0.15, 0.2) is 0 Å². The molecule has 1 aromatic rings. The van der Waals surface area contributed by atoms with Gasteiger partial charge in [0.25, 0.3) is 0 Å². The third-order valence-electron chi connectivity index (χ3n) is 4.38. The molecule has 3 rings (SSSR count). The molecule has 18 heavy (non-hydrogen) atoms. The van der Waals surface area contributed by atoms with Crippen LogP contribution in [0.1, 0.15) is 30.5 Å². The summed E-state index contributed by atoms with van der Waals surface area (Å²) in [6, 6.07) is 4.12. The minimum Gasteiger partial charge on any atom is -0.381 e. The summed E-state index contributed by atoms with van der Waals surface area (Å²) in [6.07, 6.45) is 6.66. The molecule has 3 nitrogen and oxygen atoms in total. The van der Waals surface area contributed by atoms with Crippen LogP contribution in [0, 0.1) is 12.3 Å². The molecule has 3 heterocycles. The fraction of sp³-hybridized carbons (Fsp3) is 0.667. The lowest BCUT2D eigenvalue weighted by Gasteiger charge is -2.31. The molecule has 0 aromatic carbocycles. The Morgan fingerprint density at radius 1 is 1.39 bits per heavy atom. The first kappa shape index (κ1) is 12.1. The van der Waals surface area contributed by atoms with Crippen molar-refractivity contribution in [2.24, 2.45) is 5.41 Å². The van der Waals surface area contributed by atoms with Crippen LogP contribution in [0.25, 0.3) is 0 Å². The maximum Gasteiger partial charge on any atom is 0.0637 e. The van der Waals surface area contributed by atoms with Crippen LogP contribution in [0.15, 0.2) is 18.3 Å². The smallest absolute Gasteiger partial charge is 0.0637 e. The molecule has 1 spiro atoms. The van der Waals surface area contributed by atoms with Gasteiger partial charge in [-0.15, -0.1) is 0 Å². The van der Waals surface area contributed by atoms with Gasteiger partial charge in [-0.25, -0.2) is 0 Å². The lowest BCUT2D eigenvalue weighted by atomic mass is 9.78. The summed E-state index contributed by atoms with van der Waals surface area (Å²) in [5.41, 5.74) is 2.85. The van der Waals surface area contributed by atoms with Crippen molar-refractivity contribution in [3.63, 3.8) is 0 Å². The van der Waals surface area contributed by atoms with E-state index in [2.05, 4.69) is 18.0 Å². The van der Waals surface area contributed by atoms with Crippen molar-refractivity contribution in [3.8, 4) is 0 Å². The van der Waals surface area contributed by atoms with E-state index in [1.54, 1.807) is 0 Å². The van der Waals surface area contributed by atoms with Crippen molar-refractivity contribution >= 4 is 0 Å². The molecule has 0 saturated carbocycles. The molecule has 0 aliphatic carbocycles. The van der Waals surface area contributed by atoms with Gasteiger partial charge in [-0.05, 0) is 37.8 Å². The van der Waals surface area contributed by atoms with Crippen molar-refractivity contribution in [2.75, 3.05) is 19.8 Å². The number of nitrogens with zero attached hydrogens (tertiary/aromatic N) is 1. The monoisotopic (exact) mass is 247 g/mol. The number of pyridine rings is 1. The zero-order chi connectivity index (χ0) is 12.4. The lowest BCUT2D eigenvalue weighted by molar-refractivity contribution is 0.00696. The van der Waals surface area contributed by atoms with Crippen LogP contribution < -0.4 is 0 Å². The predicted octanol–water partition coefficient (Wildman–Crippen LogP) is 2.52. The van der Waals surface area contributed by atoms with Crippen molar-refractivity contribution in [1.29, 1.82) is 0 Å². The third kappa shape index (κ3) is 2.43. The lowest BCUT2D eigenvalue weighted by Crippen LogP contribution is -2.30. The first-order chi connectivity index (χ1) is 8.77. The van der Waals surface area contributed by atoms with E-state index in [4.69, 9.17) is 9.47 Å². The highest BCUT2D eigenvalue weighted by Crippen LogP contribution is 2.42. The maximum atomic E-state index is 6.01. The van der Waals surface area contributed by atoms with Gasteiger partial charge in [0.05, 0.1) is 12.7 Å². The fourth-order valence-electron chi connectivity index (χ4n) is 3.13. The van der Waals surface area contributed by atoms with Crippen LogP contribution in [0.2, 0.25) is 0 Å². The van der Waals surface area contributed by atoms with E-state index in [9.17, 15) is 0 Å². The van der Waals surface area contributed by atoms with Crippen LogP contribution in [-0.4, -0.2) is 30.9 Å². The molecule has 98 valence electrons. The summed E-state index contributed by atoms with van der Waals surface area (Å²) in [7, 11) is 0. The number of rotatable bonds is 2. The Labute approximate surface area is 109 Å². The van der Waals surface area contributed by atoms with Crippen molar-refractivity contribution in [3.05, 3.63) is 29.6 Å². The number of hydrogen-bond acceptors (Lipinski definition) is 3. The summed E-state index contributed by atoms with van der Waals surface area (Å²) in [4.78, 5) is 4.47. The highest BCUT2D eigenvalue weighted by atomic mass is 16.5. The number of hydrogen-bond donors (Lipinski definition) is 0. The van der Waals surface area contributed by atoms with Crippen LogP contribution in [-0.2, 0) is 15.9 Å². The molecule has 2 saturated heterocycles. The first-order valence-electron chi connectivity index (χ1n) is 6.87. The van der Waals surface area contributed by atoms with Crippen LogP contribution in [0.4, 0.5) is 0 Å². The van der Waals surface area contributed by atoms with Gasteiger partial charge in [0.1, 0.15) is 0 Å². The molecule has 2 aliphatic heterocycles. The second kappa shape index (κ2) is 4.98. The molecule has 2 aliphatic rings. The minimum absolute atomic E-state index is 0.344. The van der Waals surface area contributed by atoms with Crippen LogP contribution in [0.3, 0.4) is 0 Å². The Morgan fingerprint density at radius 2 is 2.22 bits per heavy atom. The maximum absolute atomic E-state index is 6.01. The number of aromatic nitrogens is 1. The second-order valence-corrected chi connectivity index (χ2v) is 5.72. The summed E-state index contributed by atoms with van der Waals surface area (Å²) >= 11 is 0. The summed E-state index contributed by atoms with van der Waals surface area (Å²) < 4.78 is 11.5. The van der Waals surface area contributed by atoms with Crippen LogP contribution >= 0.6 is 0 Å². The summed E-state index contributed by atoms with van der Waals surface area (Å²) in [5.74, 6) is 0.